The molecule has 0 aliphatic carbocycles. The average molecular weight is 321 g/mol. The average Bonchev–Trinajstić information content (AvgIpc) is 2.03. The zero-order valence-corrected chi connectivity index (χ0v) is 9.61. The minimum absolute atomic E-state index is 0. The number of hydrogen-bond acceptors (Lipinski definition) is 1. The molecule has 0 unspecified atom stereocenters. The number of nitrogens with zero attached hydrogens (tertiary/aromatic N) is 1. The van der Waals surface area contributed by atoms with Gasteiger partial charge < -0.3 is 0 Å². The number of alkyl halides is 4. The van der Waals surface area contributed by atoms with E-state index in [4.69, 9.17) is 0 Å². The maximum Gasteiger partial charge on any atom is 0.417 e. The summed E-state index contributed by atoms with van der Waals surface area (Å²) in [5, 5.41) is 0.379. The molecule has 74 valence electrons. The predicted molar refractivity (Wildman–Crippen MR) is 52.2 cm³/mol. The van der Waals surface area contributed by atoms with Gasteiger partial charge in [-0.25, -0.2) is 0 Å². The Kier molecular flexibility index (Phi) is 4.91. The Balaban J connectivity index is 0.00000144. The van der Waals surface area contributed by atoms with Gasteiger partial charge in [0.25, 0.3) is 0 Å². The molecule has 0 spiro atoms. The van der Waals surface area contributed by atoms with Gasteiger partial charge in [-0.2, -0.15) is 13.2 Å². The number of rotatable bonds is 1. The number of halogens is 5. The van der Waals surface area contributed by atoms with Gasteiger partial charge in [0.15, 0.2) is 0 Å². The quantitative estimate of drug-likeness (QED) is 0.721. The molecule has 0 aliphatic heterocycles. The topological polar surface area (TPSA) is 12.9 Å². The van der Waals surface area contributed by atoms with E-state index in [9.17, 15) is 13.2 Å². The van der Waals surface area contributed by atoms with E-state index >= 15 is 0 Å². The van der Waals surface area contributed by atoms with Crippen molar-refractivity contribution < 1.29 is 13.2 Å². The van der Waals surface area contributed by atoms with Crippen LogP contribution in [-0.2, 0) is 11.5 Å². The summed E-state index contributed by atoms with van der Waals surface area (Å²) in [4.78, 5) is 3.47. The van der Waals surface area contributed by atoms with Gasteiger partial charge in [-0.1, -0.05) is 15.9 Å². The van der Waals surface area contributed by atoms with Gasteiger partial charge in [0.1, 0.15) is 0 Å². The van der Waals surface area contributed by atoms with Gasteiger partial charge in [0.2, 0.25) is 0 Å². The van der Waals surface area contributed by atoms with Crippen molar-refractivity contribution in [3.05, 3.63) is 29.6 Å². The molecule has 1 rings (SSSR count). The van der Waals surface area contributed by atoms with Crippen LogP contribution < -0.4 is 0 Å². The van der Waals surface area contributed by atoms with Gasteiger partial charge in [0.05, 0.1) is 5.56 Å². The molecule has 0 bridgehead atoms. The summed E-state index contributed by atoms with van der Waals surface area (Å²) < 4.78 is 36.1. The molecular formula is C7H6Br2F3N. The van der Waals surface area contributed by atoms with Crippen molar-refractivity contribution in [3.63, 3.8) is 0 Å². The second kappa shape index (κ2) is 4.95. The second-order valence-electron chi connectivity index (χ2n) is 2.21. The lowest BCUT2D eigenvalue weighted by atomic mass is 10.2. The number of pyridine rings is 1. The Morgan fingerprint density at radius 1 is 1.31 bits per heavy atom. The Bertz CT molecular complexity index is 275. The summed E-state index contributed by atoms with van der Waals surface area (Å²) in [7, 11) is 0. The van der Waals surface area contributed by atoms with Crippen LogP contribution in [0.1, 0.15) is 11.1 Å². The van der Waals surface area contributed by atoms with E-state index in [0.717, 1.165) is 12.3 Å². The van der Waals surface area contributed by atoms with Crippen molar-refractivity contribution in [2.45, 2.75) is 11.5 Å². The zero-order chi connectivity index (χ0) is 9.19. The monoisotopic (exact) mass is 319 g/mol. The summed E-state index contributed by atoms with van der Waals surface area (Å²) in [6, 6.07) is 1.07. The molecule has 1 aromatic rings. The molecule has 0 fully saturated rings. The minimum atomic E-state index is -4.30. The highest BCUT2D eigenvalue weighted by Crippen LogP contribution is 2.29. The van der Waals surface area contributed by atoms with Crippen LogP contribution in [0.4, 0.5) is 13.2 Å². The fourth-order valence-corrected chi connectivity index (χ4v) is 1.02. The number of aromatic nitrogens is 1. The van der Waals surface area contributed by atoms with Crippen molar-refractivity contribution in [2.24, 2.45) is 0 Å². The smallest absolute Gasteiger partial charge is 0.264 e. The van der Waals surface area contributed by atoms with Crippen LogP contribution in [0.3, 0.4) is 0 Å². The fraction of sp³-hybridized carbons (Fsp3) is 0.286. The third-order valence-electron chi connectivity index (χ3n) is 1.28. The Labute approximate surface area is 92.3 Å². The molecule has 1 aromatic heterocycles. The summed E-state index contributed by atoms with van der Waals surface area (Å²) in [6.07, 6.45) is -2.10. The van der Waals surface area contributed by atoms with Gasteiger partial charge >= 0.3 is 6.18 Å². The Morgan fingerprint density at radius 2 is 1.92 bits per heavy atom. The first-order valence-corrected chi connectivity index (χ1v) is 4.23. The highest BCUT2D eigenvalue weighted by molar-refractivity contribution is 9.08. The lowest BCUT2D eigenvalue weighted by Crippen LogP contribution is -2.05. The van der Waals surface area contributed by atoms with Crippen LogP contribution in [0.15, 0.2) is 18.5 Å². The molecule has 1 nitrogen and oxygen atoms in total. The molecule has 0 atom stereocenters. The molecule has 0 aliphatic rings. The van der Waals surface area contributed by atoms with Crippen LogP contribution in [-0.4, -0.2) is 4.98 Å². The SMILES string of the molecule is Br.FC(F)(F)c1cncc(CBr)c1. The van der Waals surface area contributed by atoms with Crippen molar-refractivity contribution in [1.82, 2.24) is 4.98 Å². The van der Waals surface area contributed by atoms with E-state index in [1.54, 1.807) is 0 Å². The van der Waals surface area contributed by atoms with Crippen LogP contribution in [0.5, 0.6) is 0 Å². The third-order valence-corrected chi connectivity index (χ3v) is 1.92. The Hall–Kier alpha value is -0.100. The van der Waals surface area contributed by atoms with Crippen molar-refractivity contribution >= 4 is 32.9 Å². The fourth-order valence-electron chi connectivity index (χ4n) is 0.716. The van der Waals surface area contributed by atoms with Crippen LogP contribution in [0, 0.1) is 0 Å². The van der Waals surface area contributed by atoms with E-state index in [1.807, 2.05) is 0 Å². The highest BCUT2D eigenvalue weighted by atomic mass is 79.9. The van der Waals surface area contributed by atoms with Crippen molar-refractivity contribution in [2.75, 3.05) is 0 Å². The van der Waals surface area contributed by atoms with Gasteiger partial charge in [0, 0.05) is 17.7 Å². The molecular weight excluding hydrogens is 315 g/mol. The molecule has 6 heteroatoms. The van der Waals surface area contributed by atoms with Gasteiger partial charge in [-0.3, -0.25) is 4.98 Å². The molecule has 0 radical (unpaired) electrons. The maximum absolute atomic E-state index is 12.0. The first kappa shape index (κ1) is 12.9. The Morgan fingerprint density at radius 3 is 2.38 bits per heavy atom. The molecule has 0 saturated heterocycles. The van der Waals surface area contributed by atoms with Crippen LogP contribution in [0.25, 0.3) is 0 Å². The molecule has 0 amide bonds. The summed E-state index contributed by atoms with van der Waals surface area (Å²) in [5.74, 6) is 0. The predicted octanol–water partition coefficient (Wildman–Crippen LogP) is 3.57. The van der Waals surface area contributed by atoms with Crippen molar-refractivity contribution in [1.29, 1.82) is 0 Å². The van der Waals surface area contributed by atoms with Crippen LogP contribution in [0.2, 0.25) is 0 Å². The van der Waals surface area contributed by atoms with E-state index in [2.05, 4.69) is 20.9 Å². The first-order chi connectivity index (χ1) is 5.54. The molecule has 0 saturated carbocycles. The van der Waals surface area contributed by atoms with E-state index in [-0.39, 0.29) is 17.0 Å². The summed E-state index contributed by atoms with van der Waals surface area (Å²) >= 11 is 3.05. The highest BCUT2D eigenvalue weighted by Gasteiger charge is 2.30. The van der Waals surface area contributed by atoms with E-state index < -0.39 is 11.7 Å². The maximum atomic E-state index is 12.0. The lowest BCUT2D eigenvalue weighted by molar-refractivity contribution is -0.137. The largest absolute Gasteiger partial charge is 0.417 e. The van der Waals surface area contributed by atoms with Gasteiger partial charge in [-0.05, 0) is 11.6 Å². The molecule has 0 N–H and O–H groups in total. The van der Waals surface area contributed by atoms with E-state index in [1.165, 1.54) is 6.20 Å². The van der Waals surface area contributed by atoms with Gasteiger partial charge in [-0.15, -0.1) is 17.0 Å². The lowest BCUT2D eigenvalue weighted by Gasteiger charge is -2.05. The molecule has 1 heterocycles. The number of hydrogen-bond donors (Lipinski definition) is 0. The third kappa shape index (κ3) is 3.64. The van der Waals surface area contributed by atoms with E-state index in [0.29, 0.717) is 10.9 Å². The van der Waals surface area contributed by atoms with Crippen molar-refractivity contribution in [3.8, 4) is 0 Å². The molecule has 0 aromatic carbocycles. The normalized spacial score (nSPS) is 10.8. The first-order valence-electron chi connectivity index (χ1n) is 3.11. The minimum Gasteiger partial charge on any atom is -0.264 e. The standard InChI is InChI=1S/C7H5BrF3N.BrH/c8-2-5-1-6(4-12-3-5)7(9,10)11;/h1,3-4H,2H2;1H. The second-order valence-corrected chi connectivity index (χ2v) is 2.77. The van der Waals surface area contributed by atoms with Crippen LogP contribution >= 0.6 is 32.9 Å². The zero-order valence-electron chi connectivity index (χ0n) is 6.31. The summed E-state index contributed by atoms with van der Waals surface area (Å²) in [6.45, 7) is 0. The molecule has 13 heavy (non-hydrogen) atoms. The summed E-state index contributed by atoms with van der Waals surface area (Å²) in [5.41, 5.74) is -0.190.